The largest absolute Gasteiger partial charge is 0.321 e. The molecule has 1 aromatic carbocycles. The van der Waals surface area contributed by atoms with Gasteiger partial charge in [0.15, 0.2) is 0 Å². The van der Waals surface area contributed by atoms with Crippen LogP contribution in [0.5, 0.6) is 0 Å². The molecule has 1 N–H and O–H groups in total. The van der Waals surface area contributed by atoms with Crippen molar-refractivity contribution >= 4 is 34.8 Å². The zero-order valence-corrected chi connectivity index (χ0v) is 10.1. The van der Waals surface area contributed by atoms with E-state index in [9.17, 15) is 4.79 Å². The fourth-order valence-corrected chi connectivity index (χ4v) is 2.11. The van der Waals surface area contributed by atoms with Crippen molar-refractivity contribution in [3.05, 3.63) is 58.9 Å². The van der Waals surface area contributed by atoms with Gasteiger partial charge in [0.2, 0.25) is 0 Å². The number of benzene rings is 1. The van der Waals surface area contributed by atoms with E-state index in [4.69, 9.17) is 11.6 Å². The predicted octanol–water partition coefficient (Wildman–Crippen LogP) is 3.23. The Morgan fingerprint density at radius 2 is 1.94 bits per heavy atom. The number of hydrogen-bond acceptors (Lipinski definition) is 2. The van der Waals surface area contributed by atoms with Gasteiger partial charge in [-0.05, 0) is 35.9 Å². The van der Waals surface area contributed by atoms with Crippen molar-refractivity contribution in [1.29, 1.82) is 0 Å². The minimum atomic E-state index is -0.107. The van der Waals surface area contributed by atoms with Crippen molar-refractivity contribution in [3.8, 4) is 0 Å². The van der Waals surface area contributed by atoms with Crippen molar-refractivity contribution < 1.29 is 4.79 Å². The molecule has 1 aliphatic rings. The van der Waals surface area contributed by atoms with Gasteiger partial charge in [-0.15, -0.1) is 0 Å². The Kier molecular flexibility index (Phi) is 2.61. The number of carbonyl (C=O) groups is 1. The maximum absolute atomic E-state index is 11.9. The van der Waals surface area contributed by atoms with Crippen LogP contribution >= 0.6 is 11.6 Å². The SMILES string of the molecule is O=C1Nc2cc(Cl)ccc2/C1=C\c1ccncc1. The Labute approximate surface area is 109 Å². The molecule has 0 fully saturated rings. The van der Waals surface area contributed by atoms with E-state index in [2.05, 4.69) is 10.3 Å². The van der Waals surface area contributed by atoms with E-state index < -0.39 is 0 Å². The molecule has 2 aromatic rings. The molecule has 3 nitrogen and oxygen atoms in total. The summed E-state index contributed by atoms with van der Waals surface area (Å²) < 4.78 is 0. The second kappa shape index (κ2) is 4.27. The van der Waals surface area contributed by atoms with Crippen LogP contribution < -0.4 is 5.32 Å². The minimum Gasteiger partial charge on any atom is -0.321 e. The number of aromatic nitrogens is 1. The van der Waals surface area contributed by atoms with Crippen LogP contribution in [-0.2, 0) is 4.79 Å². The van der Waals surface area contributed by atoms with Gasteiger partial charge in [-0.3, -0.25) is 9.78 Å². The zero-order chi connectivity index (χ0) is 12.5. The van der Waals surface area contributed by atoms with Crippen LogP contribution in [0.1, 0.15) is 11.1 Å². The molecular weight excluding hydrogens is 248 g/mol. The van der Waals surface area contributed by atoms with Gasteiger partial charge in [0.1, 0.15) is 0 Å². The number of nitrogens with zero attached hydrogens (tertiary/aromatic N) is 1. The molecule has 1 aliphatic heterocycles. The molecule has 3 rings (SSSR count). The van der Waals surface area contributed by atoms with Gasteiger partial charge in [0.25, 0.3) is 5.91 Å². The number of carbonyl (C=O) groups excluding carboxylic acids is 1. The monoisotopic (exact) mass is 256 g/mol. The molecule has 0 saturated carbocycles. The number of pyridine rings is 1. The first-order valence-electron chi connectivity index (χ1n) is 5.47. The molecule has 2 heterocycles. The van der Waals surface area contributed by atoms with Crippen LogP contribution in [-0.4, -0.2) is 10.9 Å². The molecule has 18 heavy (non-hydrogen) atoms. The van der Waals surface area contributed by atoms with Crippen molar-refractivity contribution in [2.24, 2.45) is 0 Å². The number of fused-ring (bicyclic) bond motifs is 1. The normalized spacial score (nSPS) is 15.6. The lowest BCUT2D eigenvalue weighted by Gasteiger charge is -1.98. The molecule has 0 bridgehead atoms. The van der Waals surface area contributed by atoms with E-state index in [0.717, 1.165) is 16.8 Å². The first kappa shape index (κ1) is 11.0. The van der Waals surface area contributed by atoms with Gasteiger partial charge < -0.3 is 5.32 Å². The quantitative estimate of drug-likeness (QED) is 0.796. The molecule has 88 valence electrons. The number of halogens is 1. The van der Waals surface area contributed by atoms with Gasteiger partial charge in [-0.1, -0.05) is 17.7 Å². The van der Waals surface area contributed by atoms with E-state index >= 15 is 0 Å². The van der Waals surface area contributed by atoms with Crippen molar-refractivity contribution in [3.63, 3.8) is 0 Å². The summed E-state index contributed by atoms with van der Waals surface area (Å²) in [6.07, 6.45) is 5.24. The summed E-state index contributed by atoms with van der Waals surface area (Å²) in [6, 6.07) is 9.09. The number of amides is 1. The lowest BCUT2D eigenvalue weighted by atomic mass is 10.0. The summed E-state index contributed by atoms with van der Waals surface area (Å²) >= 11 is 5.90. The molecule has 0 atom stereocenters. The summed E-state index contributed by atoms with van der Waals surface area (Å²) in [6.45, 7) is 0. The molecule has 0 aliphatic carbocycles. The highest BCUT2D eigenvalue weighted by Crippen LogP contribution is 2.34. The molecule has 0 unspecified atom stereocenters. The second-order valence-electron chi connectivity index (χ2n) is 3.98. The van der Waals surface area contributed by atoms with Gasteiger partial charge in [0.05, 0.1) is 5.69 Å². The maximum Gasteiger partial charge on any atom is 0.256 e. The van der Waals surface area contributed by atoms with E-state index in [1.54, 1.807) is 24.5 Å². The van der Waals surface area contributed by atoms with E-state index in [1.165, 1.54) is 0 Å². The van der Waals surface area contributed by atoms with Gasteiger partial charge in [-0.25, -0.2) is 0 Å². The lowest BCUT2D eigenvalue weighted by molar-refractivity contribution is -0.110. The van der Waals surface area contributed by atoms with Crippen LogP contribution in [0.3, 0.4) is 0 Å². The maximum atomic E-state index is 11.9. The van der Waals surface area contributed by atoms with Crippen LogP contribution in [0.15, 0.2) is 42.7 Å². The first-order valence-corrected chi connectivity index (χ1v) is 5.85. The van der Waals surface area contributed by atoms with Gasteiger partial charge >= 0.3 is 0 Å². The molecule has 0 radical (unpaired) electrons. The topological polar surface area (TPSA) is 42.0 Å². The summed E-state index contributed by atoms with van der Waals surface area (Å²) in [5.41, 5.74) is 3.22. The fraction of sp³-hybridized carbons (Fsp3) is 0. The highest BCUT2D eigenvalue weighted by atomic mass is 35.5. The summed E-state index contributed by atoms with van der Waals surface area (Å²) in [4.78, 5) is 15.9. The summed E-state index contributed by atoms with van der Waals surface area (Å²) in [5.74, 6) is -0.107. The Balaban J connectivity index is 2.10. The molecule has 0 spiro atoms. The number of anilines is 1. The summed E-state index contributed by atoms with van der Waals surface area (Å²) in [7, 11) is 0. The van der Waals surface area contributed by atoms with Crippen LogP contribution in [0.2, 0.25) is 5.02 Å². The highest BCUT2D eigenvalue weighted by Gasteiger charge is 2.23. The standard InChI is InChI=1S/C14H9ClN2O/c15-10-1-2-11-12(14(18)17-13(11)8-10)7-9-3-5-16-6-4-9/h1-8H,(H,17,18)/b12-7+. The van der Waals surface area contributed by atoms with E-state index in [0.29, 0.717) is 10.6 Å². The van der Waals surface area contributed by atoms with E-state index in [1.807, 2.05) is 24.3 Å². The zero-order valence-electron chi connectivity index (χ0n) is 9.35. The molecule has 4 heteroatoms. The first-order chi connectivity index (χ1) is 8.74. The third-order valence-electron chi connectivity index (χ3n) is 2.78. The number of hydrogen-bond donors (Lipinski definition) is 1. The predicted molar refractivity (Wildman–Crippen MR) is 72.2 cm³/mol. The fourth-order valence-electron chi connectivity index (χ4n) is 1.94. The van der Waals surface area contributed by atoms with Gasteiger partial charge in [-0.2, -0.15) is 0 Å². The highest BCUT2D eigenvalue weighted by molar-refractivity contribution is 6.36. The Hall–Kier alpha value is -2.13. The average molecular weight is 257 g/mol. The van der Waals surface area contributed by atoms with Crippen molar-refractivity contribution in [2.45, 2.75) is 0 Å². The number of rotatable bonds is 1. The molecular formula is C14H9ClN2O. The molecule has 0 saturated heterocycles. The Morgan fingerprint density at radius 3 is 2.72 bits per heavy atom. The lowest BCUT2D eigenvalue weighted by Crippen LogP contribution is -2.03. The van der Waals surface area contributed by atoms with Gasteiger partial charge in [0, 0.05) is 28.6 Å². The Bertz CT molecular complexity index is 650. The molecule has 1 amide bonds. The number of nitrogens with one attached hydrogen (secondary N) is 1. The third kappa shape index (κ3) is 1.89. The van der Waals surface area contributed by atoms with Crippen molar-refractivity contribution in [1.82, 2.24) is 4.98 Å². The van der Waals surface area contributed by atoms with Crippen molar-refractivity contribution in [2.75, 3.05) is 5.32 Å². The Morgan fingerprint density at radius 1 is 1.17 bits per heavy atom. The van der Waals surface area contributed by atoms with Crippen LogP contribution in [0.25, 0.3) is 11.6 Å². The minimum absolute atomic E-state index is 0.107. The van der Waals surface area contributed by atoms with Crippen LogP contribution in [0.4, 0.5) is 5.69 Å². The second-order valence-corrected chi connectivity index (χ2v) is 4.42. The van der Waals surface area contributed by atoms with Crippen LogP contribution in [0, 0.1) is 0 Å². The molecule has 1 aromatic heterocycles. The summed E-state index contributed by atoms with van der Waals surface area (Å²) in [5, 5.41) is 3.41. The third-order valence-corrected chi connectivity index (χ3v) is 3.02. The average Bonchev–Trinajstić information content (AvgIpc) is 2.66. The van der Waals surface area contributed by atoms with E-state index in [-0.39, 0.29) is 5.91 Å². The smallest absolute Gasteiger partial charge is 0.256 e.